The van der Waals surface area contributed by atoms with Crippen LogP contribution in [-0.2, 0) is 38.6 Å². The number of hydrogen-bond donors (Lipinski definition) is 1. The van der Waals surface area contributed by atoms with E-state index in [0.717, 1.165) is 55.2 Å². The second-order valence-corrected chi connectivity index (χ2v) is 20.7. The predicted octanol–water partition coefficient (Wildman–Crippen LogP) is 11.7. The average molecular weight is 989 g/mol. The van der Waals surface area contributed by atoms with Crippen LogP contribution in [0.4, 0.5) is 10.5 Å². The van der Waals surface area contributed by atoms with Crippen LogP contribution < -0.4 is 19.7 Å². The van der Waals surface area contributed by atoms with Crippen molar-refractivity contribution >= 4 is 35.3 Å². The number of carbonyl (C=O) groups excluding carboxylic acids is 5. The normalized spacial score (nSPS) is 19.9. The van der Waals surface area contributed by atoms with Gasteiger partial charge in [0, 0.05) is 71.5 Å². The predicted molar refractivity (Wildman–Crippen MR) is 284 cm³/mol. The fraction of sp³-hybridized carbons (Fsp3) is 0.426. The Morgan fingerprint density at radius 2 is 1.11 bits per heavy atom. The standard InChI is InChI=1S/C35H41N3O5.C26H31NO3/c1-25(2)38(29-17-11-6-12-18-29)32(39)27-19-20-31-30(23-27)37(33(40)35(3,43-31)28-15-9-5-10-16-28)22-21-36-34(41)42-24-26-13-7-4-8-14-26;1-18(2)27(22-12-8-5-9-13-22)25(29)19-14-15-23-20(16-19)17-24(28)26(3,30-23)21-10-6-4-7-11-21/h4-5,7-10,13-16,19-20,23,25,29H,6,11-12,17-18,21-22,24H2,1-3H3,(H,36,41);4,6-7,10-11,14-16,18,22H,5,8-9,12-13,17H2,1-3H3. The SMILES string of the molecule is CC(C)N(C(=O)c1ccc2c(c1)CC(=O)C(C)(c1ccccc1)O2)C1CCCCC1.CC(C)N(C(=O)c1ccc2c(c1)N(CCNC(=O)OCc1ccccc1)C(=O)C(C)(c1ccccc1)O2)C1CCCCC1. The van der Waals surface area contributed by atoms with Crippen molar-refractivity contribution in [1.29, 1.82) is 0 Å². The van der Waals surface area contributed by atoms with E-state index in [9.17, 15) is 24.0 Å². The van der Waals surface area contributed by atoms with Gasteiger partial charge in [-0.15, -0.1) is 0 Å². The number of ether oxygens (including phenoxy) is 3. The van der Waals surface area contributed by atoms with Crippen LogP contribution in [0, 0.1) is 0 Å². The highest BCUT2D eigenvalue weighted by Crippen LogP contribution is 2.43. The number of alkyl carbamates (subject to hydrolysis) is 1. The van der Waals surface area contributed by atoms with Gasteiger partial charge in [-0.05, 0) is 109 Å². The van der Waals surface area contributed by atoms with Crippen LogP contribution in [0.25, 0.3) is 0 Å². The summed E-state index contributed by atoms with van der Waals surface area (Å²) >= 11 is 0. The van der Waals surface area contributed by atoms with Gasteiger partial charge in [-0.1, -0.05) is 130 Å². The van der Waals surface area contributed by atoms with Gasteiger partial charge in [-0.2, -0.15) is 0 Å². The molecule has 384 valence electrons. The second-order valence-electron chi connectivity index (χ2n) is 20.7. The Labute approximate surface area is 431 Å². The summed E-state index contributed by atoms with van der Waals surface area (Å²) in [6.07, 6.45) is 10.9. The van der Waals surface area contributed by atoms with Crippen LogP contribution in [0.1, 0.15) is 149 Å². The van der Waals surface area contributed by atoms with E-state index in [0.29, 0.717) is 39.9 Å². The lowest BCUT2D eigenvalue weighted by molar-refractivity contribution is -0.135. The fourth-order valence-corrected chi connectivity index (χ4v) is 11.0. The lowest BCUT2D eigenvalue weighted by atomic mass is 9.85. The summed E-state index contributed by atoms with van der Waals surface area (Å²) in [4.78, 5) is 72.6. The zero-order valence-corrected chi connectivity index (χ0v) is 43.4. The molecule has 9 rings (SSSR count). The number of carbonyl (C=O) groups is 5. The molecular formula is C61H72N4O8. The largest absolute Gasteiger partial charge is 0.475 e. The number of hydrogen-bond acceptors (Lipinski definition) is 8. The molecule has 12 heteroatoms. The van der Waals surface area contributed by atoms with E-state index >= 15 is 0 Å². The smallest absolute Gasteiger partial charge is 0.407 e. The number of nitrogens with one attached hydrogen (secondary N) is 1. The molecule has 0 saturated heterocycles. The first-order valence-electron chi connectivity index (χ1n) is 26.4. The third-order valence-corrected chi connectivity index (χ3v) is 15.0. The molecule has 2 aliphatic heterocycles. The molecule has 1 N–H and O–H groups in total. The first-order valence-corrected chi connectivity index (χ1v) is 26.4. The molecule has 0 spiro atoms. The van der Waals surface area contributed by atoms with Crippen molar-refractivity contribution in [2.75, 3.05) is 18.0 Å². The summed E-state index contributed by atoms with van der Waals surface area (Å²) in [5.74, 6) is 0.941. The molecule has 2 saturated carbocycles. The summed E-state index contributed by atoms with van der Waals surface area (Å²) in [5.41, 5.74) is 2.65. The first kappa shape index (κ1) is 52.4. The third kappa shape index (κ3) is 11.8. The maximum Gasteiger partial charge on any atom is 0.407 e. The average Bonchev–Trinajstić information content (AvgIpc) is 3.40. The van der Waals surface area contributed by atoms with Crippen molar-refractivity contribution in [2.45, 2.75) is 154 Å². The monoisotopic (exact) mass is 989 g/mol. The quantitative estimate of drug-likeness (QED) is 0.123. The number of nitrogens with zero attached hydrogens (tertiary/aromatic N) is 3. The summed E-state index contributed by atoms with van der Waals surface area (Å²) in [6.45, 7) is 12.3. The summed E-state index contributed by atoms with van der Waals surface area (Å²) in [5, 5.41) is 2.76. The van der Waals surface area contributed by atoms with Gasteiger partial charge in [0.05, 0.1) is 5.69 Å². The van der Waals surface area contributed by atoms with Crippen molar-refractivity contribution < 1.29 is 38.2 Å². The van der Waals surface area contributed by atoms with Crippen molar-refractivity contribution in [1.82, 2.24) is 15.1 Å². The number of ketones is 1. The van der Waals surface area contributed by atoms with E-state index in [2.05, 4.69) is 33.0 Å². The van der Waals surface area contributed by atoms with E-state index in [4.69, 9.17) is 14.2 Å². The molecule has 5 aromatic rings. The topological polar surface area (TPSA) is 135 Å². The van der Waals surface area contributed by atoms with Gasteiger partial charge >= 0.3 is 6.09 Å². The Bertz CT molecular complexity index is 2720. The molecule has 2 unspecified atom stereocenters. The van der Waals surface area contributed by atoms with Crippen LogP contribution in [0.2, 0.25) is 0 Å². The molecule has 5 aromatic carbocycles. The lowest BCUT2D eigenvalue weighted by Crippen LogP contribution is -2.54. The van der Waals surface area contributed by atoms with Gasteiger partial charge in [-0.25, -0.2) is 4.79 Å². The molecule has 2 fully saturated rings. The third-order valence-electron chi connectivity index (χ3n) is 15.0. The molecule has 4 amide bonds. The van der Waals surface area contributed by atoms with Crippen LogP contribution in [0.15, 0.2) is 127 Å². The van der Waals surface area contributed by atoms with Gasteiger partial charge in [-0.3, -0.25) is 19.2 Å². The van der Waals surface area contributed by atoms with Crippen LogP contribution in [-0.4, -0.2) is 76.7 Å². The molecule has 2 atom stereocenters. The van der Waals surface area contributed by atoms with Gasteiger partial charge in [0.1, 0.15) is 18.1 Å². The summed E-state index contributed by atoms with van der Waals surface area (Å²) < 4.78 is 17.9. The fourth-order valence-electron chi connectivity index (χ4n) is 11.0. The number of fused-ring (bicyclic) bond motifs is 2. The lowest BCUT2D eigenvalue weighted by Gasteiger charge is -2.41. The molecular weight excluding hydrogens is 917 g/mol. The maximum atomic E-state index is 14.1. The van der Waals surface area contributed by atoms with Gasteiger partial charge in [0.15, 0.2) is 11.4 Å². The number of Topliss-reactive ketones (excluding diaryl/α,β-unsaturated/α-hetero) is 1. The Hall–Kier alpha value is -6.95. The summed E-state index contributed by atoms with van der Waals surface area (Å²) in [6, 6.07) is 40.0. The van der Waals surface area contributed by atoms with E-state index in [1.807, 2.05) is 126 Å². The molecule has 73 heavy (non-hydrogen) atoms. The zero-order chi connectivity index (χ0) is 51.7. The zero-order valence-electron chi connectivity index (χ0n) is 43.4. The molecule has 4 aliphatic rings. The first-order chi connectivity index (χ1) is 35.2. The highest BCUT2D eigenvalue weighted by Gasteiger charge is 2.47. The Morgan fingerprint density at radius 3 is 1.64 bits per heavy atom. The second kappa shape index (κ2) is 23.3. The van der Waals surface area contributed by atoms with Crippen LogP contribution >= 0.6 is 0 Å². The Kier molecular flexibility index (Phi) is 16.7. The van der Waals surface area contributed by atoms with E-state index in [1.165, 1.54) is 25.7 Å². The number of amides is 4. The van der Waals surface area contributed by atoms with Crippen molar-refractivity contribution in [3.63, 3.8) is 0 Å². The highest BCUT2D eigenvalue weighted by atomic mass is 16.5. The maximum absolute atomic E-state index is 14.1. The molecule has 2 aliphatic carbocycles. The number of rotatable bonds is 13. The van der Waals surface area contributed by atoms with Crippen LogP contribution in [0.3, 0.4) is 0 Å². The van der Waals surface area contributed by atoms with Crippen molar-refractivity contribution in [2.24, 2.45) is 0 Å². The Morgan fingerprint density at radius 1 is 0.630 bits per heavy atom. The molecule has 12 nitrogen and oxygen atoms in total. The van der Waals surface area contributed by atoms with Crippen molar-refractivity contribution in [3.05, 3.63) is 161 Å². The van der Waals surface area contributed by atoms with Gasteiger partial charge in [0.25, 0.3) is 17.7 Å². The molecule has 0 aromatic heterocycles. The number of anilines is 1. The summed E-state index contributed by atoms with van der Waals surface area (Å²) in [7, 11) is 0. The minimum Gasteiger partial charge on any atom is -0.475 e. The van der Waals surface area contributed by atoms with Crippen molar-refractivity contribution in [3.8, 4) is 11.5 Å². The molecule has 0 bridgehead atoms. The van der Waals surface area contributed by atoms with Crippen LogP contribution in [0.5, 0.6) is 11.5 Å². The minimum atomic E-state index is -1.28. The highest BCUT2D eigenvalue weighted by molar-refractivity contribution is 6.05. The van der Waals surface area contributed by atoms with E-state index in [1.54, 1.807) is 30.0 Å². The number of benzene rings is 5. The van der Waals surface area contributed by atoms with Gasteiger partial charge < -0.3 is 34.2 Å². The molecule has 2 heterocycles. The molecule has 0 radical (unpaired) electrons. The van der Waals surface area contributed by atoms with E-state index < -0.39 is 17.3 Å². The van der Waals surface area contributed by atoms with Gasteiger partial charge in [0.2, 0.25) is 5.60 Å². The minimum absolute atomic E-state index is 0.0128. The Balaban J connectivity index is 0.000000207. The van der Waals surface area contributed by atoms with E-state index in [-0.39, 0.29) is 67.7 Å².